The van der Waals surface area contributed by atoms with Crippen LogP contribution in [0, 0.1) is 11.3 Å². The van der Waals surface area contributed by atoms with Crippen LogP contribution in [0.2, 0.25) is 0 Å². The second-order valence-corrected chi connectivity index (χ2v) is 4.90. The Morgan fingerprint density at radius 1 is 1.20 bits per heavy atom. The smallest absolute Gasteiger partial charge is 0.0686 e. The first-order valence-corrected chi connectivity index (χ1v) is 4.24. The molecule has 0 unspecified atom stereocenters. The normalized spacial score (nSPS) is 35.1. The molecule has 58 valence electrons. The molecule has 1 N–H and O–H groups in total. The molecule has 0 radical (unpaired) electrons. The van der Waals surface area contributed by atoms with Crippen molar-refractivity contribution in [2.75, 3.05) is 0 Å². The van der Waals surface area contributed by atoms with E-state index in [1.807, 2.05) is 0 Å². The molecule has 0 aromatic carbocycles. The van der Waals surface area contributed by atoms with E-state index in [-0.39, 0.29) is 5.60 Å². The SMILES string of the molecule is CC1(C)CC(O)(C2CC2)C1. The third-order valence-electron chi connectivity index (χ3n) is 2.91. The number of hydrogen-bond donors (Lipinski definition) is 1. The average molecular weight is 140 g/mol. The minimum absolute atomic E-state index is 0.233. The molecular weight excluding hydrogens is 124 g/mol. The Kier molecular flexibility index (Phi) is 1.05. The van der Waals surface area contributed by atoms with Crippen molar-refractivity contribution in [2.45, 2.75) is 45.1 Å². The van der Waals surface area contributed by atoms with E-state index in [9.17, 15) is 5.11 Å². The first kappa shape index (κ1) is 6.66. The van der Waals surface area contributed by atoms with Gasteiger partial charge in [-0.05, 0) is 37.0 Å². The van der Waals surface area contributed by atoms with Crippen molar-refractivity contribution in [3.63, 3.8) is 0 Å². The Bertz CT molecular complexity index is 148. The van der Waals surface area contributed by atoms with Gasteiger partial charge < -0.3 is 5.11 Å². The maximum absolute atomic E-state index is 9.89. The highest BCUT2D eigenvalue weighted by molar-refractivity contribution is 5.07. The highest BCUT2D eigenvalue weighted by Crippen LogP contribution is 2.57. The summed E-state index contributed by atoms with van der Waals surface area (Å²) in [6.07, 6.45) is 4.61. The van der Waals surface area contributed by atoms with Crippen LogP contribution in [0.1, 0.15) is 39.5 Å². The topological polar surface area (TPSA) is 20.2 Å². The van der Waals surface area contributed by atoms with Crippen LogP contribution in [-0.4, -0.2) is 10.7 Å². The van der Waals surface area contributed by atoms with Crippen molar-refractivity contribution in [1.82, 2.24) is 0 Å². The third kappa shape index (κ3) is 0.878. The highest BCUT2D eigenvalue weighted by atomic mass is 16.3. The number of hydrogen-bond acceptors (Lipinski definition) is 1. The summed E-state index contributed by atoms with van der Waals surface area (Å²) in [5, 5.41) is 9.89. The Labute approximate surface area is 62.4 Å². The van der Waals surface area contributed by atoms with E-state index in [0.29, 0.717) is 11.3 Å². The van der Waals surface area contributed by atoms with Gasteiger partial charge in [0.1, 0.15) is 0 Å². The molecule has 0 amide bonds. The molecule has 2 fully saturated rings. The zero-order chi connectivity index (χ0) is 7.41. The predicted octanol–water partition coefficient (Wildman–Crippen LogP) is 1.95. The van der Waals surface area contributed by atoms with Gasteiger partial charge in [-0.3, -0.25) is 0 Å². The van der Waals surface area contributed by atoms with Gasteiger partial charge >= 0.3 is 0 Å². The lowest BCUT2D eigenvalue weighted by Gasteiger charge is -2.50. The summed E-state index contributed by atoms with van der Waals surface area (Å²) >= 11 is 0. The minimum Gasteiger partial charge on any atom is -0.390 e. The highest BCUT2D eigenvalue weighted by Gasteiger charge is 2.55. The second kappa shape index (κ2) is 1.58. The van der Waals surface area contributed by atoms with Crippen LogP contribution < -0.4 is 0 Å². The quantitative estimate of drug-likeness (QED) is 0.590. The van der Waals surface area contributed by atoms with Gasteiger partial charge in [-0.25, -0.2) is 0 Å². The van der Waals surface area contributed by atoms with Crippen molar-refractivity contribution >= 4 is 0 Å². The van der Waals surface area contributed by atoms with Gasteiger partial charge in [-0.1, -0.05) is 13.8 Å². The molecule has 0 heterocycles. The Morgan fingerprint density at radius 2 is 1.70 bits per heavy atom. The van der Waals surface area contributed by atoms with Crippen LogP contribution in [0.5, 0.6) is 0 Å². The zero-order valence-electron chi connectivity index (χ0n) is 6.85. The van der Waals surface area contributed by atoms with Crippen molar-refractivity contribution in [3.8, 4) is 0 Å². The fourth-order valence-electron chi connectivity index (χ4n) is 2.51. The van der Waals surface area contributed by atoms with E-state index < -0.39 is 0 Å². The van der Waals surface area contributed by atoms with Gasteiger partial charge in [0.15, 0.2) is 0 Å². The lowest BCUT2D eigenvalue weighted by atomic mass is 9.59. The van der Waals surface area contributed by atoms with Crippen LogP contribution in [0.3, 0.4) is 0 Å². The molecule has 1 heteroatoms. The first-order chi connectivity index (χ1) is 4.52. The van der Waals surface area contributed by atoms with Crippen molar-refractivity contribution in [2.24, 2.45) is 11.3 Å². The Morgan fingerprint density at radius 3 is 2.00 bits per heavy atom. The molecule has 0 aliphatic heterocycles. The van der Waals surface area contributed by atoms with Crippen LogP contribution in [-0.2, 0) is 0 Å². The van der Waals surface area contributed by atoms with Crippen molar-refractivity contribution in [1.29, 1.82) is 0 Å². The summed E-state index contributed by atoms with van der Waals surface area (Å²) in [4.78, 5) is 0. The van der Waals surface area contributed by atoms with Crippen LogP contribution in [0.15, 0.2) is 0 Å². The lowest BCUT2D eigenvalue weighted by molar-refractivity contribution is -0.127. The fourth-order valence-corrected chi connectivity index (χ4v) is 2.51. The van der Waals surface area contributed by atoms with Crippen molar-refractivity contribution in [3.05, 3.63) is 0 Å². The fraction of sp³-hybridized carbons (Fsp3) is 1.00. The van der Waals surface area contributed by atoms with E-state index in [1.54, 1.807) is 0 Å². The van der Waals surface area contributed by atoms with Gasteiger partial charge in [0.25, 0.3) is 0 Å². The summed E-state index contributed by atoms with van der Waals surface area (Å²) in [5.74, 6) is 0.667. The van der Waals surface area contributed by atoms with Gasteiger partial charge in [0.2, 0.25) is 0 Å². The molecule has 2 rings (SSSR count). The van der Waals surface area contributed by atoms with Crippen LogP contribution >= 0.6 is 0 Å². The van der Waals surface area contributed by atoms with Crippen molar-refractivity contribution < 1.29 is 5.11 Å². The first-order valence-electron chi connectivity index (χ1n) is 4.24. The predicted molar refractivity (Wildman–Crippen MR) is 40.7 cm³/mol. The molecule has 2 saturated carbocycles. The standard InChI is InChI=1S/C9H16O/c1-8(2)5-9(10,6-8)7-3-4-7/h7,10H,3-6H2,1-2H3. The molecule has 2 aliphatic carbocycles. The molecule has 0 aromatic heterocycles. The van der Waals surface area contributed by atoms with Gasteiger partial charge in [0, 0.05) is 0 Å². The minimum atomic E-state index is -0.233. The maximum atomic E-state index is 9.89. The zero-order valence-corrected chi connectivity index (χ0v) is 6.85. The summed E-state index contributed by atoms with van der Waals surface area (Å²) in [5.41, 5.74) is 0.195. The van der Waals surface area contributed by atoms with Crippen LogP contribution in [0.4, 0.5) is 0 Å². The number of rotatable bonds is 1. The summed E-state index contributed by atoms with van der Waals surface area (Å²) in [6.45, 7) is 4.48. The molecule has 10 heavy (non-hydrogen) atoms. The molecule has 0 spiro atoms. The van der Waals surface area contributed by atoms with Gasteiger partial charge in [-0.2, -0.15) is 0 Å². The largest absolute Gasteiger partial charge is 0.390 e. The molecule has 0 atom stereocenters. The van der Waals surface area contributed by atoms with E-state index >= 15 is 0 Å². The number of aliphatic hydroxyl groups is 1. The van der Waals surface area contributed by atoms with E-state index in [2.05, 4.69) is 13.8 Å². The maximum Gasteiger partial charge on any atom is 0.0686 e. The summed E-state index contributed by atoms with van der Waals surface area (Å²) < 4.78 is 0. The molecule has 0 saturated heterocycles. The second-order valence-electron chi connectivity index (χ2n) is 4.90. The molecular formula is C9H16O. The van der Waals surface area contributed by atoms with E-state index in [1.165, 1.54) is 12.8 Å². The monoisotopic (exact) mass is 140 g/mol. The van der Waals surface area contributed by atoms with Gasteiger partial charge in [0.05, 0.1) is 5.60 Å². The Balaban J connectivity index is 1.97. The summed E-state index contributed by atoms with van der Waals surface area (Å²) in [7, 11) is 0. The third-order valence-corrected chi connectivity index (χ3v) is 2.91. The van der Waals surface area contributed by atoms with Crippen LogP contribution in [0.25, 0.3) is 0 Å². The van der Waals surface area contributed by atoms with Gasteiger partial charge in [-0.15, -0.1) is 0 Å². The van der Waals surface area contributed by atoms with E-state index in [0.717, 1.165) is 12.8 Å². The molecule has 0 aromatic rings. The van der Waals surface area contributed by atoms with E-state index in [4.69, 9.17) is 0 Å². The Hall–Kier alpha value is -0.0400. The molecule has 2 aliphatic rings. The average Bonchev–Trinajstić information content (AvgIpc) is 2.34. The lowest BCUT2D eigenvalue weighted by Crippen LogP contribution is -2.50. The summed E-state index contributed by atoms with van der Waals surface area (Å²) in [6, 6.07) is 0. The molecule has 0 bridgehead atoms. The molecule has 1 nitrogen and oxygen atoms in total.